The first-order chi connectivity index (χ1) is 15.6. The van der Waals surface area contributed by atoms with Gasteiger partial charge >= 0.3 is 0 Å². The third-order valence-electron chi connectivity index (χ3n) is 4.94. The molecule has 0 radical (unpaired) electrons. The highest BCUT2D eigenvalue weighted by Crippen LogP contribution is 2.21. The Morgan fingerprint density at radius 3 is 2.55 bits per heavy atom. The molecule has 0 bridgehead atoms. The number of hydrogen-bond acceptors (Lipinski definition) is 4. The molecule has 3 aromatic rings. The summed E-state index contributed by atoms with van der Waals surface area (Å²) >= 11 is 0. The summed E-state index contributed by atoms with van der Waals surface area (Å²) in [6.45, 7) is 3.84. The van der Waals surface area contributed by atoms with Crippen molar-refractivity contribution < 1.29 is 4.39 Å². The Bertz CT molecular complexity index is 1090. The smallest absolute Gasteiger partial charge is 0.191 e. The Labute approximate surface area is 210 Å². The zero-order chi connectivity index (χ0) is 22.8. The van der Waals surface area contributed by atoms with Gasteiger partial charge in [-0.2, -0.15) is 10.4 Å². The molecule has 0 spiro atoms. The van der Waals surface area contributed by atoms with Gasteiger partial charge < -0.3 is 16.4 Å². The maximum Gasteiger partial charge on any atom is 0.191 e. The van der Waals surface area contributed by atoms with Crippen LogP contribution in [0.1, 0.15) is 30.2 Å². The monoisotopic (exact) mass is 561 g/mol. The molecule has 0 amide bonds. The van der Waals surface area contributed by atoms with Crippen molar-refractivity contribution in [1.82, 2.24) is 20.4 Å². The molecule has 0 unspecified atom stereocenters. The van der Waals surface area contributed by atoms with Crippen LogP contribution in [-0.4, -0.2) is 35.4 Å². The number of aliphatic imine (C=N–C) groups is 1. The maximum atomic E-state index is 13.8. The number of benzene rings is 2. The highest BCUT2D eigenvalue weighted by Gasteiger charge is 2.16. The maximum absolute atomic E-state index is 13.8. The van der Waals surface area contributed by atoms with Gasteiger partial charge in [0.15, 0.2) is 5.96 Å². The molecular weight excluding hydrogens is 532 g/mol. The van der Waals surface area contributed by atoms with Gasteiger partial charge in [-0.15, -0.1) is 24.0 Å². The molecule has 33 heavy (non-hydrogen) atoms. The molecular formula is C24H29FIN7. The molecule has 0 aliphatic carbocycles. The predicted molar refractivity (Wildman–Crippen MR) is 141 cm³/mol. The summed E-state index contributed by atoms with van der Waals surface area (Å²) in [5.41, 5.74) is 8.73. The number of guanidine groups is 1. The Balaban J connectivity index is 0.00000385. The van der Waals surface area contributed by atoms with E-state index in [2.05, 4.69) is 26.8 Å². The first-order valence-electron chi connectivity index (χ1n) is 10.7. The van der Waals surface area contributed by atoms with Crippen molar-refractivity contribution in [3.63, 3.8) is 0 Å². The van der Waals surface area contributed by atoms with Crippen molar-refractivity contribution in [2.75, 3.05) is 25.4 Å². The largest absolute Gasteiger partial charge is 0.382 e. The molecule has 0 saturated carbocycles. The molecule has 9 heteroatoms. The molecule has 4 N–H and O–H groups in total. The topological polar surface area (TPSA) is 104 Å². The number of aryl methyl sites for hydroxylation is 1. The minimum atomic E-state index is -0.196. The molecule has 2 aromatic carbocycles. The van der Waals surface area contributed by atoms with E-state index < -0.39 is 0 Å². The lowest BCUT2D eigenvalue weighted by Gasteiger charge is -2.11. The fourth-order valence-corrected chi connectivity index (χ4v) is 3.34. The van der Waals surface area contributed by atoms with Gasteiger partial charge in [0.1, 0.15) is 23.3 Å². The summed E-state index contributed by atoms with van der Waals surface area (Å²) < 4.78 is 15.4. The Hall–Kier alpha value is -3.13. The number of nitrogens with zero attached hydrogens (tertiary/aromatic N) is 4. The van der Waals surface area contributed by atoms with Crippen LogP contribution in [0.2, 0.25) is 0 Å². The number of nitrogens with two attached hydrogens (primary N) is 1. The second kappa shape index (κ2) is 13.4. The van der Waals surface area contributed by atoms with E-state index in [9.17, 15) is 9.65 Å². The average molecular weight is 561 g/mol. The Morgan fingerprint density at radius 2 is 1.85 bits per heavy atom. The molecule has 0 saturated heterocycles. The second-order valence-electron chi connectivity index (χ2n) is 7.20. The quantitative estimate of drug-likeness (QED) is 0.160. The summed E-state index contributed by atoms with van der Waals surface area (Å²) in [7, 11) is 0. The third kappa shape index (κ3) is 7.18. The molecule has 3 rings (SSSR count). The van der Waals surface area contributed by atoms with Crippen LogP contribution < -0.4 is 16.4 Å². The third-order valence-corrected chi connectivity index (χ3v) is 4.94. The van der Waals surface area contributed by atoms with Crippen LogP contribution in [0.5, 0.6) is 0 Å². The van der Waals surface area contributed by atoms with Gasteiger partial charge in [0.25, 0.3) is 0 Å². The summed E-state index contributed by atoms with van der Waals surface area (Å²) in [5.74, 6) is 0.831. The van der Waals surface area contributed by atoms with Crippen molar-refractivity contribution in [3.8, 4) is 11.8 Å². The summed E-state index contributed by atoms with van der Waals surface area (Å²) in [6.07, 6.45) is 1.87. The van der Waals surface area contributed by atoms with E-state index in [1.807, 2.05) is 43.3 Å². The summed E-state index contributed by atoms with van der Waals surface area (Å²) in [5, 5.41) is 20.5. The van der Waals surface area contributed by atoms with Crippen molar-refractivity contribution in [2.24, 2.45) is 4.99 Å². The molecule has 0 fully saturated rings. The number of nitrogen functional groups attached to an aromatic ring is 1. The summed E-state index contributed by atoms with van der Waals surface area (Å²) in [6, 6.07) is 18.5. The number of para-hydroxylation sites is 1. The van der Waals surface area contributed by atoms with Crippen LogP contribution in [0, 0.1) is 17.1 Å². The Kier molecular flexibility index (Phi) is 10.6. The van der Waals surface area contributed by atoms with Gasteiger partial charge in [-0.1, -0.05) is 36.4 Å². The molecule has 1 aromatic heterocycles. The number of nitrogens with one attached hydrogen (secondary N) is 2. The van der Waals surface area contributed by atoms with Gasteiger partial charge in [0.2, 0.25) is 0 Å². The normalized spacial score (nSPS) is 10.9. The number of halogens is 2. The molecule has 0 atom stereocenters. The zero-order valence-electron chi connectivity index (χ0n) is 18.6. The number of rotatable bonds is 9. The summed E-state index contributed by atoms with van der Waals surface area (Å²) in [4.78, 5) is 4.58. The lowest BCUT2D eigenvalue weighted by atomic mass is 10.1. The van der Waals surface area contributed by atoms with Crippen LogP contribution in [-0.2, 0) is 12.8 Å². The molecule has 1 heterocycles. The minimum Gasteiger partial charge on any atom is -0.382 e. The SMILES string of the molecule is CCNC(=NCCCc1nn(-c2ccccc2)c(N)c1C#N)NCCc1ccccc1F.I. The van der Waals surface area contributed by atoms with E-state index >= 15 is 0 Å². The standard InChI is InChI=1S/C24H28FN7.HI/c1-2-28-24(30-16-14-18-9-6-7-12-21(18)25)29-15-8-13-22-20(17-26)23(27)32(31-22)19-10-4-3-5-11-19;/h3-7,9-12H,2,8,13-16,27H2,1H3,(H2,28,29,30);1H. The average Bonchev–Trinajstić information content (AvgIpc) is 3.13. The van der Waals surface area contributed by atoms with Crippen molar-refractivity contribution >= 4 is 35.8 Å². The first-order valence-corrected chi connectivity index (χ1v) is 10.7. The molecule has 0 aliphatic heterocycles. The van der Waals surface area contributed by atoms with Crippen molar-refractivity contribution in [1.29, 1.82) is 5.26 Å². The first kappa shape index (κ1) is 26.1. The van der Waals surface area contributed by atoms with Crippen LogP contribution in [0.4, 0.5) is 10.2 Å². The minimum absolute atomic E-state index is 0. The van der Waals surface area contributed by atoms with Crippen LogP contribution >= 0.6 is 24.0 Å². The number of nitriles is 1. The second-order valence-corrected chi connectivity index (χ2v) is 7.20. The van der Waals surface area contributed by atoms with E-state index in [1.165, 1.54) is 6.07 Å². The van der Waals surface area contributed by atoms with E-state index in [4.69, 9.17) is 5.73 Å². The lowest BCUT2D eigenvalue weighted by Crippen LogP contribution is -2.38. The lowest BCUT2D eigenvalue weighted by molar-refractivity contribution is 0.606. The van der Waals surface area contributed by atoms with Crippen molar-refractivity contribution in [3.05, 3.63) is 77.2 Å². The van der Waals surface area contributed by atoms with Crippen LogP contribution in [0.15, 0.2) is 59.6 Å². The van der Waals surface area contributed by atoms with Gasteiger partial charge in [0.05, 0.1) is 11.4 Å². The van der Waals surface area contributed by atoms with Gasteiger partial charge in [-0.25, -0.2) is 9.07 Å². The van der Waals surface area contributed by atoms with Crippen LogP contribution in [0.3, 0.4) is 0 Å². The predicted octanol–water partition coefficient (Wildman–Crippen LogP) is 3.81. The van der Waals surface area contributed by atoms with Gasteiger partial charge in [-0.05, 0) is 49.9 Å². The van der Waals surface area contributed by atoms with Gasteiger partial charge in [-0.3, -0.25) is 4.99 Å². The van der Waals surface area contributed by atoms with Gasteiger partial charge in [0, 0.05) is 19.6 Å². The highest BCUT2D eigenvalue weighted by atomic mass is 127. The van der Waals surface area contributed by atoms with E-state index in [0.29, 0.717) is 61.0 Å². The zero-order valence-corrected chi connectivity index (χ0v) is 20.9. The molecule has 0 aliphatic rings. The fourth-order valence-electron chi connectivity index (χ4n) is 3.34. The van der Waals surface area contributed by atoms with E-state index in [0.717, 1.165) is 12.2 Å². The fraction of sp³-hybridized carbons (Fsp3) is 0.292. The molecule has 7 nitrogen and oxygen atoms in total. The van der Waals surface area contributed by atoms with E-state index in [1.54, 1.807) is 16.8 Å². The van der Waals surface area contributed by atoms with Crippen LogP contribution in [0.25, 0.3) is 5.69 Å². The number of hydrogen-bond donors (Lipinski definition) is 3. The number of aromatic nitrogens is 2. The number of anilines is 1. The molecule has 174 valence electrons. The van der Waals surface area contributed by atoms with E-state index in [-0.39, 0.29) is 29.8 Å². The Morgan fingerprint density at radius 1 is 1.12 bits per heavy atom. The van der Waals surface area contributed by atoms with Crippen molar-refractivity contribution in [2.45, 2.75) is 26.2 Å². The highest BCUT2D eigenvalue weighted by molar-refractivity contribution is 14.0.